The second-order valence-corrected chi connectivity index (χ2v) is 8.25. The van der Waals surface area contributed by atoms with Crippen LogP contribution in [-0.2, 0) is 4.79 Å². The molecule has 0 aromatic heterocycles. The summed E-state index contributed by atoms with van der Waals surface area (Å²) in [7, 11) is 0. The van der Waals surface area contributed by atoms with E-state index >= 15 is 0 Å². The fourth-order valence-corrected chi connectivity index (χ4v) is 4.55. The van der Waals surface area contributed by atoms with E-state index in [0.717, 1.165) is 19.3 Å². The lowest BCUT2D eigenvalue weighted by Gasteiger charge is -2.41. The van der Waals surface area contributed by atoms with Gasteiger partial charge >= 0.3 is 0 Å². The molecule has 1 N–H and O–H groups in total. The van der Waals surface area contributed by atoms with Crippen molar-refractivity contribution in [3.05, 3.63) is 12.2 Å². The molecule has 0 heterocycles. The molecule has 2 saturated carbocycles. The SMILES string of the molecule is C[C@H](/C=C/[C@H](C)C(C)(C)O)[C@H]1CC[C@@H]2C(=O)CCC[C@@]21C. The van der Waals surface area contributed by atoms with Gasteiger partial charge in [-0.15, -0.1) is 0 Å². The van der Waals surface area contributed by atoms with Crippen LogP contribution in [0, 0.1) is 29.1 Å². The molecule has 2 nitrogen and oxygen atoms in total. The summed E-state index contributed by atoms with van der Waals surface area (Å²) in [6.45, 7) is 10.4. The average molecular weight is 292 g/mol. The van der Waals surface area contributed by atoms with Crippen molar-refractivity contribution in [2.75, 3.05) is 0 Å². The molecule has 0 aromatic rings. The Hall–Kier alpha value is -0.630. The highest BCUT2D eigenvalue weighted by Gasteiger charge is 2.51. The third-order valence-corrected chi connectivity index (χ3v) is 6.39. The number of allylic oxidation sites excluding steroid dienone is 1. The zero-order valence-electron chi connectivity index (χ0n) is 14.4. The van der Waals surface area contributed by atoms with Crippen LogP contribution in [0.5, 0.6) is 0 Å². The maximum absolute atomic E-state index is 12.2. The summed E-state index contributed by atoms with van der Waals surface area (Å²) in [5.74, 6) is 2.05. The molecular formula is C19H32O2. The van der Waals surface area contributed by atoms with Crippen LogP contribution in [0.15, 0.2) is 12.2 Å². The molecular weight excluding hydrogens is 260 g/mol. The molecule has 2 rings (SSSR count). The minimum Gasteiger partial charge on any atom is -0.390 e. The second kappa shape index (κ2) is 5.87. The van der Waals surface area contributed by atoms with E-state index in [1.807, 2.05) is 13.8 Å². The van der Waals surface area contributed by atoms with Crippen molar-refractivity contribution >= 4 is 5.78 Å². The summed E-state index contributed by atoms with van der Waals surface area (Å²) >= 11 is 0. The van der Waals surface area contributed by atoms with Gasteiger partial charge in [0.15, 0.2) is 0 Å². The smallest absolute Gasteiger partial charge is 0.136 e. The van der Waals surface area contributed by atoms with E-state index in [0.29, 0.717) is 23.5 Å². The average Bonchev–Trinajstić information content (AvgIpc) is 2.73. The largest absolute Gasteiger partial charge is 0.390 e. The first-order valence-electron chi connectivity index (χ1n) is 8.59. The summed E-state index contributed by atoms with van der Waals surface area (Å²) < 4.78 is 0. The molecule has 2 aliphatic carbocycles. The lowest BCUT2D eigenvalue weighted by atomic mass is 9.62. The lowest BCUT2D eigenvalue weighted by molar-refractivity contribution is -0.129. The Morgan fingerprint density at radius 3 is 2.57 bits per heavy atom. The van der Waals surface area contributed by atoms with Crippen molar-refractivity contribution in [1.29, 1.82) is 0 Å². The zero-order chi connectivity index (χ0) is 15.8. The molecule has 0 spiro atoms. The Morgan fingerprint density at radius 2 is 1.95 bits per heavy atom. The predicted molar refractivity (Wildman–Crippen MR) is 86.9 cm³/mol. The fraction of sp³-hybridized carbons (Fsp3) is 0.842. The maximum atomic E-state index is 12.2. The number of hydrogen-bond donors (Lipinski definition) is 1. The third-order valence-electron chi connectivity index (χ3n) is 6.39. The van der Waals surface area contributed by atoms with Crippen molar-refractivity contribution in [3.8, 4) is 0 Å². The number of carbonyl (C=O) groups is 1. The van der Waals surface area contributed by atoms with Crippen molar-refractivity contribution in [2.24, 2.45) is 29.1 Å². The monoisotopic (exact) mass is 292 g/mol. The molecule has 0 saturated heterocycles. The van der Waals surface area contributed by atoms with Crippen LogP contribution in [0.25, 0.3) is 0 Å². The summed E-state index contributed by atoms with van der Waals surface area (Å²) in [6, 6.07) is 0. The Morgan fingerprint density at radius 1 is 1.29 bits per heavy atom. The number of hydrogen-bond acceptors (Lipinski definition) is 2. The van der Waals surface area contributed by atoms with Crippen molar-refractivity contribution in [3.63, 3.8) is 0 Å². The number of aliphatic hydroxyl groups is 1. The van der Waals surface area contributed by atoms with Crippen LogP contribution in [-0.4, -0.2) is 16.5 Å². The van der Waals surface area contributed by atoms with E-state index < -0.39 is 5.60 Å². The van der Waals surface area contributed by atoms with Crippen molar-refractivity contribution in [1.82, 2.24) is 0 Å². The maximum Gasteiger partial charge on any atom is 0.136 e. The van der Waals surface area contributed by atoms with Gasteiger partial charge in [-0.2, -0.15) is 0 Å². The molecule has 120 valence electrons. The van der Waals surface area contributed by atoms with E-state index in [2.05, 4.69) is 32.9 Å². The minimum atomic E-state index is -0.668. The molecule has 5 atom stereocenters. The van der Waals surface area contributed by atoms with E-state index in [-0.39, 0.29) is 11.3 Å². The Kier molecular flexibility index (Phi) is 4.68. The third kappa shape index (κ3) is 3.26. The molecule has 0 aliphatic heterocycles. The molecule has 2 fully saturated rings. The second-order valence-electron chi connectivity index (χ2n) is 8.25. The van der Waals surface area contributed by atoms with Gasteiger partial charge in [0.05, 0.1) is 5.60 Å². The van der Waals surface area contributed by atoms with Gasteiger partial charge < -0.3 is 5.11 Å². The standard InChI is InChI=1S/C19H32O2/c1-13(8-9-14(2)18(3,4)21)15-10-11-16-17(20)7-6-12-19(15,16)5/h8-9,13-16,21H,6-7,10-12H2,1-5H3/b9-8+/t13-,14+,15-,16-,19-/m1/s1. The van der Waals surface area contributed by atoms with Crippen LogP contribution in [0.1, 0.15) is 66.7 Å². The fourth-order valence-electron chi connectivity index (χ4n) is 4.55. The molecule has 0 bridgehead atoms. The normalized spacial score (nSPS) is 36.8. The minimum absolute atomic E-state index is 0.151. The van der Waals surface area contributed by atoms with E-state index in [1.165, 1.54) is 12.8 Å². The topological polar surface area (TPSA) is 37.3 Å². The molecule has 2 aliphatic rings. The summed E-state index contributed by atoms with van der Waals surface area (Å²) in [5.41, 5.74) is -0.462. The molecule has 0 unspecified atom stereocenters. The Balaban J connectivity index is 2.08. The Bertz CT molecular complexity index is 418. The van der Waals surface area contributed by atoms with Gasteiger partial charge in [0.25, 0.3) is 0 Å². The first kappa shape index (κ1) is 16.7. The van der Waals surface area contributed by atoms with Crippen molar-refractivity contribution in [2.45, 2.75) is 72.3 Å². The van der Waals surface area contributed by atoms with Gasteiger partial charge in [-0.3, -0.25) is 4.79 Å². The van der Waals surface area contributed by atoms with E-state index in [4.69, 9.17) is 0 Å². The number of rotatable bonds is 4. The van der Waals surface area contributed by atoms with Gasteiger partial charge in [-0.05, 0) is 56.8 Å². The number of Topliss-reactive ketones (excluding diaryl/α,β-unsaturated/α-hetero) is 1. The van der Waals surface area contributed by atoms with Gasteiger partial charge in [-0.25, -0.2) is 0 Å². The van der Waals surface area contributed by atoms with Gasteiger partial charge in [0, 0.05) is 18.3 Å². The van der Waals surface area contributed by atoms with Crippen LogP contribution >= 0.6 is 0 Å². The molecule has 0 aromatic carbocycles. The van der Waals surface area contributed by atoms with E-state index in [9.17, 15) is 9.90 Å². The van der Waals surface area contributed by atoms with Crippen LogP contribution < -0.4 is 0 Å². The first-order chi connectivity index (χ1) is 9.66. The molecule has 0 amide bonds. The first-order valence-corrected chi connectivity index (χ1v) is 8.59. The summed E-state index contributed by atoms with van der Waals surface area (Å²) in [6.07, 6.45) is 9.76. The van der Waals surface area contributed by atoms with Crippen LogP contribution in [0.2, 0.25) is 0 Å². The summed E-state index contributed by atoms with van der Waals surface area (Å²) in [5, 5.41) is 10.0. The van der Waals surface area contributed by atoms with E-state index in [1.54, 1.807) is 0 Å². The highest BCUT2D eigenvalue weighted by molar-refractivity contribution is 5.83. The Labute approximate surface area is 130 Å². The zero-order valence-corrected chi connectivity index (χ0v) is 14.4. The van der Waals surface area contributed by atoms with Crippen LogP contribution in [0.4, 0.5) is 0 Å². The van der Waals surface area contributed by atoms with Gasteiger partial charge in [0.2, 0.25) is 0 Å². The molecule has 0 radical (unpaired) electrons. The van der Waals surface area contributed by atoms with Gasteiger partial charge in [-0.1, -0.05) is 32.9 Å². The molecule has 21 heavy (non-hydrogen) atoms. The van der Waals surface area contributed by atoms with Crippen LogP contribution in [0.3, 0.4) is 0 Å². The number of ketones is 1. The summed E-state index contributed by atoms with van der Waals surface area (Å²) in [4.78, 5) is 12.2. The van der Waals surface area contributed by atoms with Gasteiger partial charge in [0.1, 0.15) is 5.78 Å². The predicted octanol–water partition coefficient (Wildman–Crippen LogP) is 4.37. The quantitative estimate of drug-likeness (QED) is 0.781. The lowest BCUT2D eigenvalue weighted by Crippen LogP contribution is -2.39. The number of carbonyl (C=O) groups excluding carboxylic acids is 1. The highest BCUT2D eigenvalue weighted by Crippen LogP contribution is 2.56. The highest BCUT2D eigenvalue weighted by atomic mass is 16.3. The molecule has 2 heteroatoms. The van der Waals surface area contributed by atoms with Crippen molar-refractivity contribution < 1.29 is 9.90 Å². The number of fused-ring (bicyclic) bond motifs is 1.